The fourth-order valence-corrected chi connectivity index (χ4v) is 6.38. The molecule has 0 aliphatic heterocycles. The van der Waals surface area contributed by atoms with E-state index in [4.69, 9.17) is 4.74 Å². The Hall–Kier alpha value is -1.59. The zero-order valence-corrected chi connectivity index (χ0v) is 32.5. The summed E-state index contributed by atoms with van der Waals surface area (Å²) in [7, 11) is 0. The lowest BCUT2D eigenvalue weighted by atomic mass is 10.0. The predicted molar refractivity (Wildman–Crippen MR) is 205 cm³/mol. The molecule has 0 aromatic carbocycles. The first-order chi connectivity index (χ1) is 23.5. The fraction of sp³-hybridized carbons (Fsp3) is 0.929. The molecule has 0 saturated carbocycles. The van der Waals surface area contributed by atoms with Gasteiger partial charge in [-0.1, -0.05) is 207 Å². The molecular weight excluding hydrogens is 596 g/mol. The van der Waals surface area contributed by atoms with Crippen LogP contribution in [0.2, 0.25) is 0 Å². The Morgan fingerprint density at radius 1 is 0.438 bits per heavy atom. The molecule has 0 aromatic heterocycles. The number of rotatable bonds is 38. The van der Waals surface area contributed by atoms with Crippen molar-refractivity contribution in [1.82, 2.24) is 10.6 Å². The molecule has 2 amide bonds. The molecular formula is C42H82N2O4. The molecule has 0 aliphatic carbocycles. The van der Waals surface area contributed by atoms with Crippen LogP contribution in [0.3, 0.4) is 0 Å². The minimum Gasteiger partial charge on any atom is -0.464 e. The van der Waals surface area contributed by atoms with Crippen LogP contribution < -0.4 is 10.6 Å². The van der Waals surface area contributed by atoms with Crippen molar-refractivity contribution in [3.05, 3.63) is 0 Å². The lowest BCUT2D eigenvalue weighted by molar-refractivity contribution is -0.148. The van der Waals surface area contributed by atoms with E-state index in [1.807, 2.05) is 0 Å². The highest BCUT2D eigenvalue weighted by atomic mass is 16.5. The lowest BCUT2D eigenvalue weighted by Gasteiger charge is -2.18. The highest BCUT2D eigenvalue weighted by molar-refractivity contribution is 5.85. The maximum Gasteiger partial charge on any atom is 0.330 e. The van der Waals surface area contributed by atoms with Gasteiger partial charge < -0.3 is 15.4 Å². The Bertz CT molecular complexity index is 714. The lowest BCUT2D eigenvalue weighted by Crippen LogP contribution is -2.49. The van der Waals surface area contributed by atoms with Crippen molar-refractivity contribution in [3.8, 4) is 0 Å². The molecule has 0 spiro atoms. The molecule has 0 saturated heterocycles. The Morgan fingerprint density at radius 3 is 1.12 bits per heavy atom. The molecule has 1 atom stereocenters. The molecule has 6 nitrogen and oxygen atoms in total. The molecule has 1 unspecified atom stereocenters. The quantitative estimate of drug-likeness (QED) is 0.0503. The molecule has 284 valence electrons. The third-order valence-corrected chi connectivity index (χ3v) is 9.69. The molecule has 0 bridgehead atoms. The molecule has 6 heteroatoms. The third kappa shape index (κ3) is 34.3. The first kappa shape index (κ1) is 46.4. The minimum absolute atomic E-state index is 0.0784. The van der Waals surface area contributed by atoms with Gasteiger partial charge >= 0.3 is 5.97 Å². The summed E-state index contributed by atoms with van der Waals surface area (Å²) in [5.41, 5.74) is 0. The summed E-state index contributed by atoms with van der Waals surface area (Å²) in [5, 5.41) is 5.57. The average Bonchev–Trinajstić information content (AvgIpc) is 3.09. The van der Waals surface area contributed by atoms with Crippen LogP contribution in [0.25, 0.3) is 0 Å². The van der Waals surface area contributed by atoms with Crippen molar-refractivity contribution >= 4 is 17.8 Å². The smallest absolute Gasteiger partial charge is 0.330 e. The maximum atomic E-state index is 12.8. The van der Waals surface area contributed by atoms with Crippen LogP contribution in [0, 0.1) is 0 Å². The van der Waals surface area contributed by atoms with Gasteiger partial charge in [-0.25, -0.2) is 4.79 Å². The summed E-state index contributed by atoms with van der Waals surface area (Å²) in [6.45, 7) is 6.76. The van der Waals surface area contributed by atoms with E-state index >= 15 is 0 Å². The van der Waals surface area contributed by atoms with Crippen molar-refractivity contribution in [3.63, 3.8) is 0 Å². The van der Waals surface area contributed by atoms with E-state index < -0.39 is 12.0 Å². The van der Waals surface area contributed by atoms with Crippen molar-refractivity contribution in [2.75, 3.05) is 13.2 Å². The number of hydrogen-bond donors (Lipinski definition) is 2. The Labute approximate surface area is 298 Å². The first-order valence-corrected chi connectivity index (χ1v) is 21.3. The summed E-state index contributed by atoms with van der Waals surface area (Å²) in [6, 6.07) is -0.828. The van der Waals surface area contributed by atoms with Crippen LogP contribution in [0.5, 0.6) is 0 Å². The maximum absolute atomic E-state index is 12.8. The molecule has 0 aliphatic rings. The summed E-state index contributed by atoms with van der Waals surface area (Å²) >= 11 is 0. The number of unbranched alkanes of at least 4 members (excludes halogenated alkanes) is 29. The Balaban J connectivity index is 3.88. The minimum atomic E-state index is -0.828. The highest BCUT2D eigenvalue weighted by Crippen LogP contribution is 2.15. The second kappa shape index (κ2) is 38.2. The normalized spacial score (nSPS) is 11.8. The monoisotopic (exact) mass is 679 g/mol. The summed E-state index contributed by atoms with van der Waals surface area (Å²) < 4.78 is 5.52. The standard InChI is InChI=1S/C42H82N2O4/c1-4-7-9-11-13-15-17-19-21-23-25-27-29-31-33-35-37-48-42(47)39(38-43-40(45)6-3)44-41(46)36-34-32-30-28-26-24-22-20-18-16-14-12-10-8-5-2/h39H,4-38H2,1-3H3,(H,43,45)(H,44,46). The van der Waals surface area contributed by atoms with Crippen LogP contribution in [0.15, 0.2) is 0 Å². The van der Waals surface area contributed by atoms with Gasteiger partial charge in [0.2, 0.25) is 11.8 Å². The molecule has 0 fully saturated rings. The second-order valence-corrected chi connectivity index (χ2v) is 14.4. The van der Waals surface area contributed by atoms with Gasteiger partial charge in [0.15, 0.2) is 0 Å². The largest absolute Gasteiger partial charge is 0.464 e. The van der Waals surface area contributed by atoms with Gasteiger partial charge in [0, 0.05) is 19.4 Å². The number of esters is 1. The van der Waals surface area contributed by atoms with Crippen LogP contribution in [-0.4, -0.2) is 37.0 Å². The van der Waals surface area contributed by atoms with Gasteiger partial charge in [0.05, 0.1) is 6.61 Å². The highest BCUT2D eigenvalue weighted by Gasteiger charge is 2.22. The van der Waals surface area contributed by atoms with Crippen molar-refractivity contribution in [2.24, 2.45) is 0 Å². The number of carbonyl (C=O) groups is 3. The van der Waals surface area contributed by atoms with Crippen LogP contribution in [-0.2, 0) is 19.1 Å². The van der Waals surface area contributed by atoms with E-state index in [1.165, 1.54) is 167 Å². The first-order valence-electron chi connectivity index (χ1n) is 21.3. The molecule has 0 aromatic rings. The van der Waals surface area contributed by atoms with E-state index in [0.29, 0.717) is 19.4 Å². The number of ether oxygens (including phenoxy) is 1. The van der Waals surface area contributed by atoms with Crippen LogP contribution in [0.4, 0.5) is 0 Å². The topological polar surface area (TPSA) is 84.5 Å². The van der Waals surface area contributed by atoms with E-state index in [9.17, 15) is 14.4 Å². The van der Waals surface area contributed by atoms with Gasteiger partial charge in [-0.15, -0.1) is 0 Å². The Morgan fingerprint density at radius 2 is 0.771 bits per heavy atom. The van der Waals surface area contributed by atoms with Crippen molar-refractivity contribution in [2.45, 2.75) is 239 Å². The van der Waals surface area contributed by atoms with Gasteiger partial charge in [-0.2, -0.15) is 0 Å². The van der Waals surface area contributed by atoms with Crippen LogP contribution in [0.1, 0.15) is 233 Å². The van der Waals surface area contributed by atoms with E-state index in [2.05, 4.69) is 24.5 Å². The Kier molecular flexibility index (Phi) is 36.9. The number of amides is 2. The molecule has 2 N–H and O–H groups in total. The summed E-state index contributed by atoms with van der Waals surface area (Å²) in [5.74, 6) is -0.723. The molecule has 0 heterocycles. The zero-order chi connectivity index (χ0) is 35.2. The third-order valence-electron chi connectivity index (χ3n) is 9.69. The van der Waals surface area contributed by atoms with Crippen molar-refractivity contribution in [1.29, 1.82) is 0 Å². The van der Waals surface area contributed by atoms with Gasteiger partial charge in [-0.3, -0.25) is 9.59 Å². The van der Waals surface area contributed by atoms with E-state index in [1.54, 1.807) is 6.92 Å². The number of hydrogen-bond acceptors (Lipinski definition) is 4. The number of carbonyl (C=O) groups excluding carboxylic acids is 3. The fourth-order valence-electron chi connectivity index (χ4n) is 6.38. The van der Waals surface area contributed by atoms with Gasteiger partial charge in [0.25, 0.3) is 0 Å². The van der Waals surface area contributed by atoms with Crippen LogP contribution >= 0.6 is 0 Å². The summed E-state index contributed by atoms with van der Waals surface area (Å²) in [6.07, 6.45) is 40.9. The molecule has 0 radical (unpaired) electrons. The predicted octanol–water partition coefficient (Wildman–Crippen LogP) is 12.1. The average molecular weight is 679 g/mol. The second-order valence-electron chi connectivity index (χ2n) is 14.4. The molecule has 0 rings (SSSR count). The molecule has 48 heavy (non-hydrogen) atoms. The summed E-state index contributed by atoms with van der Waals surface area (Å²) in [4.78, 5) is 37.2. The SMILES string of the molecule is CCCCCCCCCCCCCCCCCCOC(=O)C(CNC(=O)CC)NC(=O)CCCCCCCCCCCCCCCCC. The number of nitrogens with one attached hydrogen (secondary N) is 2. The van der Waals surface area contributed by atoms with Crippen molar-refractivity contribution < 1.29 is 19.1 Å². The van der Waals surface area contributed by atoms with E-state index in [0.717, 1.165) is 32.1 Å². The van der Waals surface area contributed by atoms with E-state index in [-0.39, 0.29) is 18.4 Å². The zero-order valence-electron chi connectivity index (χ0n) is 32.5. The van der Waals surface area contributed by atoms with Gasteiger partial charge in [-0.05, 0) is 12.8 Å². The van der Waals surface area contributed by atoms with Gasteiger partial charge in [0.1, 0.15) is 6.04 Å².